The predicted octanol–water partition coefficient (Wildman–Crippen LogP) is 1.79. The number of alkyl carbamates (subject to hydrolysis) is 1. The van der Waals surface area contributed by atoms with Gasteiger partial charge in [-0.2, -0.15) is 0 Å². The summed E-state index contributed by atoms with van der Waals surface area (Å²) in [5.41, 5.74) is 0. The summed E-state index contributed by atoms with van der Waals surface area (Å²) in [4.78, 5) is 21.4. The topological polar surface area (TPSA) is 75.6 Å². The molecular formula is C11H19NO4. The molecule has 0 fully saturated rings. The lowest BCUT2D eigenvalue weighted by atomic mass is 10.0. The van der Waals surface area contributed by atoms with Crippen LogP contribution >= 0.6 is 0 Å². The number of unbranched alkanes of at least 4 members (excludes halogenated alkanes) is 1. The normalized spacial score (nSPS) is 11.6. The zero-order valence-electron chi connectivity index (χ0n) is 9.57. The molecule has 0 radical (unpaired) electrons. The van der Waals surface area contributed by atoms with Crippen molar-refractivity contribution in [2.45, 2.75) is 26.2 Å². The number of aliphatic carboxylic acids is 1. The first-order chi connectivity index (χ1) is 7.57. The Labute approximate surface area is 95.5 Å². The van der Waals surface area contributed by atoms with Crippen molar-refractivity contribution in [1.82, 2.24) is 5.32 Å². The Hall–Kier alpha value is -1.52. The number of rotatable bonds is 8. The van der Waals surface area contributed by atoms with Crippen molar-refractivity contribution in [3.8, 4) is 0 Å². The predicted molar refractivity (Wildman–Crippen MR) is 60.2 cm³/mol. The van der Waals surface area contributed by atoms with Crippen molar-refractivity contribution < 1.29 is 19.4 Å². The van der Waals surface area contributed by atoms with E-state index in [1.807, 2.05) is 0 Å². The van der Waals surface area contributed by atoms with E-state index in [9.17, 15) is 9.59 Å². The van der Waals surface area contributed by atoms with Gasteiger partial charge in [-0.15, -0.1) is 0 Å². The van der Waals surface area contributed by atoms with E-state index >= 15 is 0 Å². The lowest BCUT2D eigenvalue weighted by Crippen LogP contribution is -2.25. The maximum Gasteiger partial charge on any atom is 0.407 e. The average molecular weight is 229 g/mol. The van der Waals surface area contributed by atoms with Gasteiger partial charge in [-0.05, 0) is 12.8 Å². The molecule has 1 unspecified atom stereocenters. The number of carboxylic acids is 1. The SMILES string of the molecule is C=CCOC(=O)NCCCCC(C)C(=O)O. The summed E-state index contributed by atoms with van der Waals surface area (Å²) in [7, 11) is 0. The van der Waals surface area contributed by atoms with E-state index in [4.69, 9.17) is 9.84 Å². The Morgan fingerprint density at radius 3 is 2.75 bits per heavy atom. The Morgan fingerprint density at radius 2 is 2.19 bits per heavy atom. The number of hydrogen-bond acceptors (Lipinski definition) is 3. The highest BCUT2D eigenvalue weighted by Crippen LogP contribution is 2.06. The summed E-state index contributed by atoms with van der Waals surface area (Å²) >= 11 is 0. The third-order valence-electron chi connectivity index (χ3n) is 2.09. The summed E-state index contributed by atoms with van der Waals surface area (Å²) in [5.74, 6) is -1.11. The van der Waals surface area contributed by atoms with E-state index in [1.165, 1.54) is 6.08 Å². The second-order valence-electron chi connectivity index (χ2n) is 3.55. The molecule has 5 nitrogen and oxygen atoms in total. The quantitative estimate of drug-likeness (QED) is 0.491. The molecule has 0 aliphatic rings. The Kier molecular flexibility index (Phi) is 7.93. The third-order valence-corrected chi connectivity index (χ3v) is 2.09. The fraction of sp³-hybridized carbons (Fsp3) is 0.636. The van der Waals surface area contributed by atoms with Crippen LogP contribution in [0.25, 0.3) is 0 Å². The molecule has 92 valence electrons. The van der Waals surface area contributed by atoms with Gasteiger partial charge >= 0.3 is 12.1 Å². The molecule has 2 N–H and O–H groups in total. The minimum atomic E-state index is -0.779. The van der Waals surface area contributed by atoms with E-state index in [0.29, 0.717) is 13.0 Å². The van der Waals surface area contributed by atoms with Crippen LogP contribution < -0.4 is 5.32 Å². The fourth-order valence-corrected chi connectivity index (χ4v) is 1.08. The smallest absolute Gasteiger partial charge is 0.407 e. The summed E-state index contributed by atoms with van der Waals surface area (Å²) in [6, 6.07) is 0. The molecule has 0 aromatic heterocycles. The van der Waals surface area contributed by atoms with Crippen LogP contribution in [0.2, 0.25) is 0 Å². The standard InChI is InChI=1S/C11H19NO4/c1-3-8-16-11(15)12-7-5-4-6-9(2)10(13)14/h3,9H,1,4-8H2,2H3,(H,12,15)(H,13,14). The van der Waals surface area contributed by atoms with Crippen LogP contribution in [-0.2, 0) is 9.53 Å². The van der Waals surface area contributed by atoms with Crippen LogP contribution in [0.1, 0.15) is 26.2 Å². The number of amides is 1. The monoisotopic (exact) mass is 229 g/mol. The number of carbonyl (C=O) groups excluding carboxylic acids is 1. The molecule has 0 spiro atoms. The lowest BCUT2D eigenvalue weighted by Gasteiger charge is -2.07. The zero-order valence-corrected chi connectivity index (χ0v) is 9.57. The molecule has 0 aliphatic carbocycles. The van der Waals surface area contributed by atoms with Gasteiger partial charge in [-0.1, -0.05) is 26.0 Å². The van der Waals surface area contributed by atoms with E-state index < -0.39 is 12.1 Å². The fourth-order valence-electron chi connectivity index (χ4n) is 1.08. The van der Waals surface area contributed by atoms with Crippen molar-refractivity contribution >= 4 is 12.1 Å². The summed E-state index contributed by atoms with van der Waals surface area (Å²) in [6.07, 6.45) is 3.18. The van der Waals surface area contributed by atoms with Gasteiger partial charge < -0.3 is 15.2 Å². The molecule has 16 heavy (non-hydrogen) atoms. The van der Waals surface area contributed by atoms with Crippen LogP contribution in [0.5, 0.6) is 0 Å². The van der Waals surface area contributed by atoms with Crippen LogP contribution in [0.3, 0.4) is 0 Å². The lowest BCUT2D eigenvalue weighted by molar-refractivity contribution is -0.141. The van der Waals surface area contributed by atoms with Crippen molar-refractivity contribution in [3.05, 3.63) is 12.7 Å². The van der Waals surface area contributed by atoms with E-state index in [0.717, 1.165) is 12.8 Å². The Morgan fingerprint density at radius 1 is 1.50 bits per heavy atom. The average Bonchev–Trinajstić information content (AvgIpc) is 2.25. The van der Waals surface area contributed by atoms with E-state index in [1.54, 1.807) is 6.92 Å². The molecule has 1 atom stereocenters. The second-order valence-corrected chi connectivity index (χ2v) is 3.55. The maximum atomic E-state index is 10.9. The number of ether oxygens (including phenoxy) is 1. The van der Waals surface area contributed by atoms with Gasteiger partial charge in [-0.25, -0.2) is 4.79 Å². The van der Waals surface area contributed by atoms with Gasteiger partial charge in [-0.3, -0.25) is 4.79 Å². The number of carbonyl (C=O) groups is 2. The molecule has 0 aromatic rings. The first-order valence-corrected chi connectivity index (χ1v) is 5.32. The molecule has 0 saturated carbocycles. The van der Waals surface area contributed by atoms with Crippen molar-refractivity contribution in [3.63, 3.8) is 0 Å². The molecule has 0 aliphatic heterocycles. The van der Waals surface area contributed by atoms with Crippen LogP contribution in [0, 0.1) is 5.92 Å². The van der Waals surface area contributed by atoms with E-state index in [-0.39, 0.29) is 12.5 Å². The number of nitrogens with one attached hydrogen (secondary N) is 1. The Balaban J connectivity index is 3.36. The first-order valence-electron chi connectivity index (χ1n) is 5.32. The number of carboxylic acid groups (broad SMARTS) is 1. The molecule has 0 aromatic carbocycles. The summed E-state index contributed by atoms with van der Waals surface area (Å²) < 4.78 is 4.69. The molecule has 0 heterocycles. The molecule has 0 bridgehead atoms. The van der Waals surface area contributed by atoms with Gasteiger partial charge in [0.05, 0.1) is 5.92 Å². The summed E-state index contributed by atoms with van der Waals surface area (Å²) in [5, 5.41) is 11.2. The van der Waals surface area contributed by atoms with Crippen molar-refractivity contribution in [2.75, 3.05) is 13.2 Å². The minimum Gasteiger partial charge on any atom is -0.481 e. The molecule has 0 rings (SSSR count). The second kappa shape index (κ2) is 8.76. The number of hydrogen-bond donors (Lipinski definition) is 2. The van der Waals surface area contributed by atoms with Crippen LogP contribution in [-0.4, -0.2) is 30.3 Å². The van der Waals surface area contributed by atoms with Gasteiger partial charge in [0.1, 0.15) is 6.61 Å². The Bertz CT molecular complexity index is 240. The highest BCUT2D eigenvalue weighted by molar-refractivity contribution is 5.69. The molecule has 1 amide bonds. The maximum absolute atomic E-state index is 10.9. The van der Waals surface area contributed by atoms with Crippen LogP contribution in [0.4, 0.5) is 4.79 Å². The van der Waals surface area contributed by atoms with Crippen molar-refractivity contribution in [2.24, 2.45) is 5.92 Å². The zero-order chi connectivity index (χ0) is 12.4. The van der Waals surface area contributed by atoms with Gasteiger partial charge in [0, 0.05) is 6.54 Å². The molecular weight excluding hydrogens is 210 g/mol. The van der Waals surface area contributed by atoms with Crippen LogP contribution in [0.15, 0.2) is 12.7 Å². The third kappa shape index (κ3) is 7.84. The highest BCUT2D eigenvalue weighted by Gasteiger charge is 2.09. The largest absolute Gasteiger partial charge is 0.481 e. The highest BCUT2D eigenvalue weighted by atomic mass is 16.5. The molecule has 5 heteroatoms. The minimum absolute atomic E-state index is 0.196. The first kappa shape index (κ1) is 14.5. The van der Waals surface area contributed by atoms with Gasteiger partial charge in [0.15, 0.2) is 0 Å². The summed E-state index contributed by atoms with van der Waals surface area (Å²) in [6.45, 7) is 5.79. The van der Waals surface area contributed by atoms with Gasteiger partial charge in [0.2, 0.25) is 0 Å². The van der Waals surface area contributed by atoms with Gasteiger partial charge in [0.25, 0.3) is 0 Å². The van der Waals surface area contributed by atoms with E-state index in [2.05, 4.69) is 11.9 Å². The van der Waals surface area contributed by atoms with Crippen molar-refractivity contribution in [1.29, 1.82) is 0 Å². The molecule has 0 saturated heterocycles.